The van der Waals surface area contributed by atoms with E-state index in [1.165, 1.54) is 55.2 Å². The molecule has 1 aliphatic heterocycles. The molecule has 2 heterocycles. The Morgan fingerprint density at radius 2 is 1.81 bits per heavy atom. The number of guanidine groups is 1. The molecular formula is C50H69N3O5. The Kier molecular flexibility index (Phi) is 10.8. The number of aromatic hydroxyl groups is 1. The Labute approximate surface area is 346 Å². The zero-order valence-electron chi connectivity index (χ0n) is 35.1. The zero-order chi connectivity index (χ0) is 40.3. The van der Waals surface area contributed by atoms with Crippen LogP contribution in [-0.4, -0.2) is 57.8 Å². The van der Waals surface area contributed by atoms with Crippen LogP contribution in [0.25, 0.3) is 10.8 Å². The smallest absolute Gasteiger partial charge is 0.188 e. The molecule has 2 aromatic carbocycles. The quantitative estimate of drug-likeness (QED) is 0.0565. The summed E-state index contributed by atoms with van der Waals surface area (Å²) in [5.41, 5.74) is 10.1. The number of nitrogens with two attached hydrogens (primary N) is 1. The molecule has 0 radical (unpaired) electrons. The van der Waals surface area contributed by atoms with Crippen LogP contribution in [-0.2, 0) is 17.6 Å². The maximum atomic E-state index is 11.3. The van der Waals surface area contributed by atoms with Crippen LogP contribution in [0.1, 0.15) is 121 Å². The number of rotatable bonds is 11. The average molecular weight is 792 g/mol. The number of hydrogen-bond donors (Lipinski definition) is 5. The van der Waals surface area contributed by atoms with Gasteiger partial charge in [-0.15, -0.1) is 0 Å². The van der Waals surface area contributed by atoms with Crippen molar-refractivity contribution in [2.45, 2.75) is 146 Å². The first-order chi connectivity index (χ1) is 27.8. The van der Waals surface area contributed by atoms with Gasteiger partial charge in [0.1, 0.15) is 5.75 Å². The molecular weight excluding hydrogens is 723 g/mol. The van der Waals surface area contributed by atoms with Gasteiger partial charge in [-0.2, -0.15) is 0 Å². The second kappa shape index (κ2) is 15.6. The molecule has 8 heteroatoms. The predicted molar refractivity (Wildman–Crippen MR) is 230 cm³/mol. The summed E-state index contributed by atoms with van der Waals surface area (Å²) < 4.78 is 12.3. The van der Waals surface area contributed by atoms with Crippen LogP contribution in [0.2, 0.25) is 0 Å². The van der Waals surface area contributed by atoms with E-state index >= 15 is 0 Å². The van der Waals surface area contributed by atoms with Crippen molar-refractivity contribution in [2.75, 3.05) is 13.1 Å². The number of allylic oxidation sites excluding steroid dienone is 1. The molecule has 8 nitrogen and oxygen atoms in total. The molecule has 1 saturated heterocycles. The summed E-state index contributed by atoms with van der Waals surface area (Å²) in [7, 11) is 0. The van der Waals surface area contributed by atoms with Gasteiger partial charge < -0.3 is 35.5 Å². The first kappa shape index (κ1) is 40.1. The van der Waals surface area contributed by atoms with Crippen molar-refractivity contribution >= 4 is 16.7 Å². The number of phenolic OH excluding ortho intramolecular Hbond substituents is 1. The molecule has 314 valence electrons. The molecule has 5 aliphatic carbocycles. The number of nitrogens with one attached hydrogen (secondary N) is 1. The fourth-order valence-corrected chi connectivity index (χ4v) is 13.9. The van der Waals surface area contributed by atoms with Crippen molar-refractivity contribution in [2.24, 2.45) is 57.1 Å². The number of furan rings is 1. The Balaban J connectivity index is 0.866. The molecule has 9 rings (SSSR count). The maximum absolute atomic E-state index is 11.3. The van der Waals surface area contributed by atoms with Gasteiger partial charge in [-0.25, -0.2) is 0 Å². The highest BCUT2D eigenvalue weighted by molar-refractivity contribution is 5.84. The molecule has 0 bridgehead atoms. The summed E-state index contributed by atoms with van der Waals surface area (Å²) in [6.07, 6.45) is 20.9. The van der Waals surface area contributed by atoms with Crippen LogP contribution in [0.15, 0.2) is 76.6 Å². The lowest BCUT2D eigenvalue weighted by molar-refractivity contribution is -0.0828. The highest BCUT2D eigenvalue weighted by Gasteiger charge is 2.67. The minimum absolute atomic E-state index is 0.0554. The number of benzene rings is 2. The second-order valence-corrected chi connectivity index (χ2v) is 20.9. The number of phenols is 1. The van der Waals surface area contributed by atoms with Crippen molar-refractivity contribution < 1.29 is 24.5 Å². The summed E-state index contributed by atoms with van der Waals surface area (Å²) in [4.78, 5) is 4.93. The summed E-state index contributed by atoms with van der Waals surface area (Å²) in [6.45, 7) is 11.4. The Morgan fingerprint density at radius 3 is 2.64 bits per heavy atom. The molecule has 0 unspecified atom stereocenters. The number of ether oxygens (including phenoxy) is 1. The van der Waals surface area contributed by atoms with Crippen LogP contribution in [0, 0.1) is 46.3 Å². The fourth-order valence-electron chi connectivity index (χ4n) is 13.9. The highest BCUT2D eigenvalue weighted by atomic mass is 16.6. The molecule has 6 aliphatic rings. The normalized spacial score (nSPS) is 40.1. The molecule has 58 heavy (non-hydrogen) atoms. The van der Waals surface area contributed by atoms with E-state index in [1.807, 2.05) is 18.4 Å². The van der Waals surface area contributed by atoms with Gasteiger partial charge >= 0.3 is 0 Å². The van der Waals surface area contributed by atoms with Gasteiger partial charge in [0.15, 0.2) is 5.96 Å². The van der Waals surface area contributed by atoms with Gasteiger partial charge in [0.05, 0.1) is 35.9 Å². The number of epoxide rings is 1. The van der Waals surface area contributed by atoms with Crippen molar-refractivity contribution in [1.82, 2.24) is 5.32 Å². The molecule has 1 aromatic heterocycles. The third-order valence-corrected chi connectivity index (χ3v) is 17.0. The number of aliphatic hydroxyl groups is 2. The zero-order valence-corrected chi connectivity index (χ0v) is 35.1. The van der Waals surface area contributed by atoms with Crippen molar-refractivity contribution in [3.63, 3.8) is 0 Å². The molecule has 5 saturated carbocycles. The lowest BCUT2D eigenvalue weighted by Crippen LogP contribution is -2.52. The van der Waals surface area contributed by atoms with Crippen molar-refractivity contribution in [3.8, 4) is 5.75 Å². The van der Waals surface area contributed by atoms with E-state index in [-0.39, 0.29) is 22.5 Å². The lowest BCUT2D eigenvalue weighted by atomic mass is 9.45. The van der Waals surface area contributed by atoms with E-state index in [9.17, 15) is 15.3 Å². The molecule has 6 fully saturated rings. The number of hydrogen-bond acceptors (Lipinski definition) is 6. The van der Waals surface area contributed by atoms with Crippen LogP contribution in [0.4, 0.5) is 0 Å². The Morgan fingerprint density at radius 1 is 0.966 bits per heavy atom. The predicted octanol–water partition coefficient (Wildman–Crippen LogP) is 9.24. The Hall–Kier alpha value is -3.33. The first-order valence-electron chi connectivity index (χ1n) is 22.9. The first-order valence-corrected chi connectivity index (χ1v) is 22.9. The minimum Gasteiger partial charge on any atom is -0.508 e. The van der Waals surface area contributed by atoms with Gasteiger partial charge in [-0.3, -0.25) is 4.99 Å². The van der Waals surface area contributed by atoms with Crippen molar-refractivity contribution in [3.05, 3.63) is 78.3 Å². The maximum Gasteiger partial charge on any atom is 0.188 e. The van der Waals surface area contributed by atoms with E-state index in [1.54, 1.807) is 6.26 Å². The number of aliphatic hydroxyl groups excluding tert-OH is 1. The van der Waals surface area contributed by atoms with E-state index in [0.717, 1.165) is 88.1 Å². The molecule has 6 N–H and O–H groups in total. The third kappa shape index (κ3) is 7.87. The van der Waals surface area contributed by atoms with Gasteiger partial charge in [0.2, 0.25) is 0 Å². The summed E-state index contributed by atoms with van der Waals surface area (Å²) in [5.74, 6) is 4.22. The summed E-state index contributed by atoms with van der Waals surface area (Å²) in [6, 6.07) is 14.2. The molecule has 1 spiro atoms. The molecule has 3 aromatic rings. The van der Waals surface area contributed by atoms with E-state index in [0.29, 0.717) is 59.7 Å². The minimum atomic E-state index is -0.698. The van der Waals surface area contributed by atoms with Crippen molar-refractivity contribution in [1.29, 1.82) is 0 Å². The number of nitrogens with zero attached hydrogens (tertiary/aromatic N) is 1. The molecule has 0 amide bonds. The topological polar surface area (TPSA) is 137 Å². The lowest BCUT2D eigenvalue weighted by Gasteiger charge is -2.59. The van der Waals surface area contributed by atoms with Gasteiger partial charge in [0.25, 0.3) is 0 Å². The van der Waals surface area contributed by atoms with Crippen LogP contribution >= 0.6 is 0 Å². The second-order valence-electron chi connectivity index (χ2n) is 20.9. The average Bonchev–Trinajstić information content (AvgIpc) is 3.58. The molecule has 12 atom stereocenters. The van der Waals surface area contributed by atoms with Crippen LogP contribution in [0.3, 0.4) is 0 Å². The van der Waals surface area contributed by atoms with E-state index in [4.69, 9.17) is 26.5 Å². The number of fused-ring (bicyclic) bond motifs is 4. The van der Waals surface area contributed by atoms with Crippen LogP contribution in [0.5, 0.6) is 5.75 Å². The van der Waals surface area contributed by atoms with E-state index in [2.05, 4.69) is 49.5 Å². The highest BCUT2D eigenvalue weighted by Crippen LogP contribution is 2.69. The number of aliphatic imine (C=N–C) groups is 1. The summed E-state index contributed by atoms with van der Waals surface area (Å²) >= 11 is 0. The standard InChI is InChI=1S/C50H69N3O5/c1-32-25-49(19-13-34(26-49)14-20-50(56)17-5-8-40(55)27-50)45-48(3,58-45)18-15-43-41(32)28-47(43,2)44-24-35(23-38(44)22-33-9-11-39(54)12-10-33)29-53-46(51)52-21-16-36-6-4-7-37-30-57-31-42(36)37/h4,6-7,9-12,30-31,34-35,38,40-41,43-45,54-56H,1,5,8,13-29H2,2-3H3,(H3,51,52,53)/t34-,35-,38-,40+,41+,43-,44+,45+,47-,48+,49+,50+/m0/s1. The van der Waals surface area contributed by atoms with Gasteiger partial charge in [-0.1, -0.05) is 49.4 Å². The monoisotopic (exact) mass is 792 g/mol. The van der Waals surface area contributed by atoms with E-state index < -0.39 is 5.60 Å². The summed E-state index contributed by atoms with van der Waals surface area (Å²) in [5, 5.41) is 37.3. The van der Waals surface area contributed by atoms with Gasteiger partial charge in [-0.05, 0) is 174 Å². The Bertz CT molecular complexity index is 1980. The third-order valence-electron chi connectivity index (χ3n) is 17.0. The largest absolute Gasteiger partial charge is 0.508 e. The van der Waals surface area contributed by atoms with Crippen LogP contribution < -0.4 is 11.1 Å². The van der Waals surface area contributed by atoms with Gasteiger partial charge in [0, 0.05) is 35.7 Å². The fraction of sp³-hybridized carbons (Fsp3) is 0.660. The SMILES string of the molecule is C=C1C[C@@]2(CC[C@@H](CC[C@]3(O)CCC[C@@H](O)C3)C2)[C@@H]2O[C@]2(C)CC[C@H]2[C@@H]1C[C@]2(C)[C@@H]1C[C@@H](CN=C(N)NCCc2cccc3cocc23)C[C@@H]1Cc1ccc(O)cc1.